The lowest BCUT2D eigenvalue weighted by molar-refractivity contribution is 0.195. The van der Waals surface area contributed by atoms with Crippen LogP contribution in [0.4, 0.5) is 11.4 Å². The Morgan fingerprint density at radius 3 is 2.32 bits per heavy atom. The first-order valence-corrected chi connectivity index (χ1v) is 9.89. The molecule has 0 fully saturated rings. The summed E-state index contributed by atoms with van der Waals surface area (Å²) in [6.45, 7) is 7.28. The summed E-state index contributed by atoms with van der Waals surface area (Å²) in [4.78, 5) is 1.75. The molecule has 0 aliphatic rings. The lowest BCUT2D eigenvalue weighted by Crippen LogP contribution is -2.29. The zero-order valence-electron chi connectivity index (χ0n) is 18.5. The topological polar surface area (TPSA) is 131 Å². The average molecular weight is 426 g/mol. The largest absolute Gasteiger partial charge is 0.374 e. The molecule has 2 atom stereocenters. The molecule has 0 saturated heterocycles. The van der Waals surface area contributed by atoms with Crippen molar-refractivity contribution in [3.05, 3.63) is 58.7 Å². The molecular formula is C22H31N7O2. The minimum atomic E-state index is -0.696. The molecule has 0 spiro atoms. The third-order valence-corrected chi connectivity index (χ3v) is 4.44. The molecule has 9 nitrogen and oxygen atoms in total. The number of anilines is 2. The number of nitrogens with one attached hydrogen (secondary N) is 2. The Morgan fingerprint density at radius 1 is 1.03 bits per heavy atom. The molecule has 0 aliphatic heterocycles. The van der Waals surface area contributed by atoms with Crippen LogP contribution in [0.5, 0.6) is 0 Å². The number of nitrogens with zero attached hydrogens (tertiary/aromatic N) is 4. The van der Waals surface area contributed by atoms with Crippen LogP contribution in [-0.2, 0) is 0 Å². The third kappa shape index (κ3) is 7.40. The molecule has 0 saturated carbocycles. The number of aliphatic hydroxyl groups is 2. The molecular weight excluding hydrogens is 394 g/mol. The van der Waals surface area contributed by atoms with Crippen LogP contribution >= 0.6 is 0 Å². The zero-order valence-corrected chi connectivity index (χ0v) is 18.5. The molecule has 6 N–H and O–H groups in total. The Labute approximate surface area is 183 Å². The average Bonchev–Trinajstić information content (AvgIpc) is 2.69. The molecule has 0 aromatic heterocycles. The summed E-state index contributed by atoms with van der Waals surface area (Å²) in [5.41, 5.74) is 13.7. The van der Waals surface area contributed by atoms with Crippen LogP contribution in [0, 0.1) is 13.8 Å². The van der Waals surface area contributed by atoms with Crippen LogP contribution in [0.3, 0.4) is 0 Å². The minimum Gasteiger partial charge on any atom is -0.374 e. The van der Waals surface area contributed by atoms with E-state index in [1.807, 2.05) is 50.2 Å². The molecule has 0 bridgehead atoms. The maximum atomic E-state index is 9.87. The van der Waals surface area contributed by atoms with Crippen LogP contribution in [-0.4, -0.2) is 48.1 Å². The molecule has 2 unspecified atom stereocenters. The summed E-state index contributed by atoms with van der Waals surface area (Å²) in [6, 6.07) is 11.6. The van der Waals surface area contributed by atoms with Crippen molar-refractivity contribution in [2.45, 2.75) is 40.2 Å². The van der Waals surface area contributed by atoms with Crippen molar-refractivity contribution >= 4 is 29.8 Å². The smallest absolute Gasteiger partial charge is 0.234 e. The Balaban J connectivity index is 2.09. The fraction of sp³-hybridized carbons (Fsp3) is 0.318. The van der Waals surface area contributed by atoms with Gasteiger partial charge in [0, 0.05) is 29.5 Å². The molecule has 9 heteroatoms. The number of hydrazone groups is 1. The molecule has 2 aromatic rings. The highest BCUT2D eigenvalue weighted by Crippen LogP contribution is 2.21. The highest BCUT2D eigenvalue weighted by molar-refractivity contribution is 5.90. The van der Waals surface area contributed by atoms with Gasteiger partial charge in [0.15, 0.2) is 0 Å². The highest BCUT2D eigenvalue weighted by Gasteiger charge is 2.10. The monoisotopic (exact) mass is 425 g/mol. The van der Waals surface area contributed by atoms with Crippen molar-refractivity contribution in [3.8, 4) is 0 Å². The fourth-order valence-corrected chi connectivity index (χ4v) is 2.75. The predicted octanol–water partition coefficient (Wildman–Crippen LogP) is 2.10. The number of aryl methyl sites for hydroxylation is 2. The zero-order chi connectivity index (χ0) is 23.0. The van der Waals surface area contributed by atoms with Gasteiger partial charge in [-0.1, -0.05) is 24.3 Å². The number of aliphatic hydroxyl groups excluding tert-OH is 2. The van der Waals surface area contributed by atoms with Gasteiger partial charge >= 0.3 is 0 Å². The number of guanidine groups is 1. The van der Waals surface area contributed by atoms with Gasteiger partial charge in [0.25, 0.3) is 0 Å². The second-order valence-electron chi connectivity index (χ2n) is 7.32. The van der Waals surface area contributed by atoms with Gasteiger partial charge in [-0.05, 0) is 51.0 Å². The van der Waals surface area contributed by atoms with Crippen LogP contribution in [0.25, 0.3) is 0 Å². The lowest BCUT2D eigenvalue weighted by atomic mass is 10.1. The Morgan fingerprint density at radius 2 is 1.68 bits per heavy atom. The first kappa shape index (κ1) is 23.8. The van der Waals surface area contributed by atoms with E-state index >= 15 is 0 Å². The van der Waals surface area contributed by atoms with Gasteiger partial charge in [-0.25, -0.2) is 5.43 Å². The van der Waals surface area contributed by atoms with E-state index in [1.165, 1.54) is 6.21 Å². The maximum Gasteiger partial charge on any atom is 0.234 e. The van der Waals surface area contributed by atoms with Crippen LogP contribution in [0.2, 0.25) is 0 Å². The van der Waals surface area contributed by atoms with E-state index in [4.69, 9.17) is 5.73 Å². The van der Waals surface area contributed by atoms with Gasteiger partial charge in [-0.2, -0.15) is 10.2 Å². The predicted molar refractivity (Wildman–Crippen MR) is 128 cm³/mol. The quantitative estimate of drug-likeness (QED) is 0.191. The van der Waals surface area contributed by atoms with Crippen molar-refractivity contribution in [2.75, 3.05) is 17.3 Å². The SMILES string of the molecule is Cc1ccc(/C=N/N=C(\N)N/N=C/c2ccc(C)cc2N(C)C(C)O)c(NC(C)O)c1. The van der Waals surface area contributed by atoms with Gasteiger partial charge < -0.3 is 26.2 Å². The van der Waals surface area contributed by atoms with Crippen molar-refractivity contribution in [2.24, 2.45) is 21.0 Å². The molecule has 0 aliphatic carbocycles. The Hall–Kier alpha value is -3.43. The number of rotatable bonds is 8. The fourth-order valence-electron chi connectivity index (χ4n) is 2.75. The van der Waals surface area contributed by atoms with E-state index < -0.39 is 12.5 Å². The molecule has 31 heavy (non-hydrogen) atoms. The minimum absolute atomic E-state index is 0.0159. The highest BCUT2D eigenvalue weighted by atomic mass is 16.3. The van der Waals surface area contributed by atoms with Gasteiger partial charge in [0.2, 0.25) is 5.96 Å². The van der Waals surface area contributed by atoms with Gasteiger partial charge in [-0.3, -0.25) is 0 Å². The first-order valence-electron chi connectivity index (χ1n) is 9.89. The van der Waals surface area contributed by atoms with E-state index in [1.54, 1.807) is 32.0 Å². The van der Waals surface area contributed by atoms with Crippen molar-refractivity contribution in [1.29, 1.82) is 0 Å². The van der Waals surface area contributed by atoms with Crippen molar-refractivity contribution in [1.82, 2.24) is 5.43 Å². The standard InChI is InChI=1S/C22H31N7O2/c1-14-6-8-18(20(10-14)26-16(3)30)12-24-27-22(23)28-25-13-19-9-7-15(2)11-21(19)29(5)17(4)31/h6-13,16-17,26,30-31H,1-5H3,(H3,23,27,28)/b24-12+,25-13+. The molecule has 0 heterocycles. The first-order chi connectivity index (χ1) is 14.7. The second-order valence-corrected chi connectivity index (χ2v) is 7.32. The van der Waals surface area contributed by atoms with Gasteiger partial charge in [0.05, 0.1) is 12.4 Å². The van der Waals surface area contributed by atoms with Crippen molar-refractivity contribution < 1.29 is 10.2 Å². The number of hydrogen-bond acceptors (Lipinski definition) is 7. The van der Waals surface area contributed by atoms with E-state index in [0.717, 1.165) is 33.6 Å². The van der Waals surface area contributed by atoms with E-state index in [9.17, 15) is 10.2 Å². The number of benzene rings is 2. The summed E-state index contributed by atoms with van der Waals surface area (Å²) in [5.74, 6) is 0.0159. The second kappa shape index (κ2) is 11.1. The van der Waals surface area contributed by atoms with E-state index in [-0.39, 0.29) is 5.96 Å². The van der Waals surface area contributed by atoms with Gasteiger partial charge in [-0.15, -0.1) is 5.10 Å². The number of nitrogens with two attached hydrogens (primary N) is 1. The molecule has 2 rings (SSSR count). The van der Waals surface area contributed by atoms with Crippen LogP contribution in [0.1, 0.15) is 36.1 Å². The van der Waals surface area contributed by atoms with Gasteiger partial charge in [0.1, 0.15) is 12.5 Å². The summed E-state index contributed by atoms with van der Waals surface area (Å²) in [5, 5.41) is 34.4. The summed E-state index contributed by atoms with van der Waals surface area (Å²) < 4.78 is 0. The summed E-state index contributed by atoms with van der Waals surface area (Å²) in [7, 11) is 1.81. The van der Waals surface area contributed by atoms with E-state index in [2.05, 4.69) is 26.0 Å². The molecule has 0 amide bonds. The van der Waals surface area contributed by atoms with Crippen LogP contribution < -0.4 is 21.4 Å². The maximum absolute atomic E-state index is 9.87. The summed E-state index contributed by atoms with van der Waals surface area (Å²) in [6.07, 6.45) is 1.80. The Kier molecular flexibility index (Phi) is 8.53. The van der Waals surface area contributed by atoms with Crippen LogP contribution in [0.15, 0.2) is 51.7 Å². The molecule has 0 radical (unpaired) electrons. The van der Waals surface area contributed by atoms with Crippen molar-refractivity contribution in [3.63, 3.8) is 0 Å². The number of hydrogen-bond donors (Lipinski definition) is 5. The molecule has 166 valence electrons. The summed E-state index contributed by atoms with van der Waals surface area (Å²) >= 11 is 0. The van der Waals surface area contributed by atoms with E-state index in [0.29, 0.717) is 0 Å². The molecule has 2 aromatic carbocycles. The Bertz CT molecular complexity index is 968. The third-order valence-electron chi connectivity index (χ3n) is 4.44. The normalized spacial score (nSPS) is 14.1. The lowest BCUT2D eigenvalue weighted by Gasteiger charge is -2.24.